The first-order valence-electron chi connectivity index (χ1n) is 3.09. The van der Waals surface area contributed by atoms with Crippen LogP contribution in [0, 0.1) is 0 Å². The molecule has 6 heteroatoms. The normalized spacial score (nSPS) is 11.6. The van der Waals surface area contributed by atoms with Gasteiger partial charge >= 0.3 is 10.4 Å². The molecule has 12 heavy (non-hydrogen) atoms. The van der Waals surface area contributed by atoms with Crippen molar-refractivity contribution < 1.29 is 14.5 Å². The molecule has 0 amide bonds. The zero-order chi connectivity index (χ0) is 9.35. The molecule has 0 spiro atoms. The Bertz CT molecular complexity index is 308. The molecule has 0 saturated carbocycles. The van der Waals surface area contributed by atoms with E-state index in [4.69, 9.17) is 28.3 Å². The van der Waals surface area contributed by atoms with Crippen LogP contribution < -0.4 is 4.57 Å². The molecule has 0 aliphatic carbocycles. The average Bonchev–Trinajstić information content (AvgIpc) is 2.35. The van der Waals surface area contributed by atoms with Gasteiger partial charge in [0.25, 0.3) is 0 Å². The lowest BCUT2D eigenvalue weighted by Gasteiger charge is -2.08. The molecule has 0 saturated heterocycles. The maximum absolute atomic E-state index is 10.5. The van der Waals surface area contributed by atoms with E-state index in [-0.39, 0.29) is 0 Å². The molecule has 0 atom stereocenters. The Labute approximate surface area is 78.9 Å². The first-order chi connectivity index (χ1) is 5.44. The summed E-state index contributed by atoms with van der Waals surface area (Å²) in [6.45, 7) is 0. The molecular weight excluding hydrogens is 203 g/mol. The predicted molar refractivity (Wildman–Crippen MR) is 42.9 cm³/mol. The molecule has 4 nitrogen and oxygen atoms in total. The Morgan fingerprint density at radius 3 is 2.58 bits per heavy atom. The molecule has 0 aliphatic heterocycles. The first-order valence-corrected chi connectivity index (χ1v) is 3.85. The summed E-state index contributed by atoms with van der Waals surface area (Å²) in [6.07, 6.45) is 4.60. The predicted octanol–water partition coefficient (Wildman–Crippen LogP) is 0.485. The molecule has 66 valence electrons. The molecule has 0 aromatic carbocycles. The van der Waals surface area contributed by atoms with E-state index in [1.165, 1.54) is 17.1 Å². The monoisotopic (exact) mass is 209 g/mol. The van der Waals surface area contributed by atoms with Crippen molar-refractivity contribution in [1.29, 1.82) is 0 Å². The van der Waals surface area contributed by atoms with Crippen LogP contribution in [0.2, 0.25) is 0 Å². The third kappa shape index (κ3) is 1.54. The largest absolute Gasteiger partial charge is 0.476 e. The fraction of sp³-hybridized carbons (Fsp3) is 0.333. The number of hydrogen-bond donors (Lipinski definition) is 1. The van der Waals surface area contributed by atoms with E-state index >= 15 is 0 Å². The number of carboxylic acids is 1. The van der Waals surface area contributed by atoms with Gasteiger partial charge < -0.3 is 5.11 Å². The number of carbonyl (C=O) groups is 1. The second-order valence-electron chi connectivity index (χ2n) is 2.33. The van der Waals surface area contributed by atoms with E-state index in [0.717, 1.165) is 0 Å². The van der Waals surface area contributed by atoms with Gasteiger partial charge in [-0.3, -0.25) is 0 Å². The highest BCUT2D eigenvalue weighted by molar-refractivity contribution is 6.54. The summed E-state index contributed by atoms with van der Waals surface area (Å²) in [6, 6.07) is 0. The lowest BCUT2D eigenvalue weighted by Crippen LogP contribution is -2.32. The van der Waals surface area contributed by atoms with Gasteiger partial charge in [0.05, 0.1) is 7.05 Å². The average molecular weight is 210 g/mol. The Kier molecular flexibility index (Phi) is 2.30. The van der Waals surface area contributed by atoms with Gasteiger partial charge in [0.2, 0.25) is 6.33 Å². The molecule has 0 bridgehead atoms. The van der Waals surface area contributed by atoms with Crippen molar-refractivity contribution in [3.8, 4) is 0 Å². The van der Waals surface area contributed by atoms with Gasteiger partial charge in [-0.1, -0.05) is 0 Å². The summed E-state index contributed by atoms with van der Waals surface area (Å²) in [5.41, 5.74) is 0. The third-order valence-electron chi connectivity index (χ3n) is 1.35. The quantitative estimate of drug-likeness (QED) is 0.570. The maximum Gasteiger partial charge on any atom is 0.386 e. The summed E-state index contributed by atoms with van der Waals surface area (Å²) in [4.78, 5) is 10.5. The van der Waals surface area contributed by atoms with Gasteiger partial charge in [-0.05, 0) is 23.2 Å². The highest BCUT2D eigenvalue weighted by Crippen LogP contribution is 2.26. The molecule has 0 radical (unpaired) electrons. The van der Waals surface area contributed by atoms with E-state index in [0.29, 0.717) is 0 Å². The number of rotatable bonds is 2. The fourth-order valence-corrected chi connectivity index (χ4v) is 0.927. The molecule has 1 heterocycles. The number of aromatic nitrogens is 2. The minimum Gasteiger partial charge on any atom is -0.476 e. The van der Waals surface area contributed by atoms with Crippen LogP contribution >= 0.6 is 23.2 Å². The summed E-state index contributed by atoms with van der Waals surface area (Å²) in [5.74, 6) is -1.30. The molecule has 0 aliphatic rings. The fourth-order valence-electron chi connectivity index (χ4n) is 0.727. The SMILES string of the molecule is C[n+]1ccn(C(Cl)(Cl)C(=O)O)c1. The number of carboxylic acid groups (broad SMARTS) is 1. The van der Waals surface area contributed by atoms with Gasteiger partial charge in [-0.25, -0.2) is 9.36 Å². The van der Waals surface area contributed by atoms with Crippen LogP contribution in [0.4, 0.5) is 0 Å². The standard InChI is InChI=1S/C6H6Cl2N2O2/c1-9-2-3-10(4-9)6(7,8)5(11)12/h2-4H,1H3/p+1. The van der Waals surface area contributed by atoms with Gasteiger partial charge in [-0.15, -0.1) is 0 Å². The topological polar surface area (TPSA) is 46.1 Å². The van der Waals surface area contributed by atoms with E-state index in [1.54, 1.807) is 17.8 Å². The number of aryl methyl sites for hydroxylation is 1. The van der Waals surface area contributed by atoms with Gasteiger partial charge in [0.1, 0.15) is 12.4 Å². The van der Waals surface area contributed by atoms with Crippen molar-refractivity contribution >= 4 is 29.2 Å². The van der Waals surface area contributed by atoms with E-state index in [9.17, 15) is 4.79 Å². The van der Waals surface area contributed by atoms with Crippen molar-refractivity contribution in [3.63, 3.8) is 0 Å². The van der Waals surface area contributed by atoms with Crippen molar-refractivity contribution in [2.24, 2.45) is 7.05 Å². The minimum absolute atomic E-state index is 1.19. The van der Waals surface area contributed by atoms with Crippen molar-refractivity contribution in [3.05, 3.63) is 18.7 Å². The zero-order valence-corrected chi connectivity index (χ0v) is 7.75. The maximum atomic E-state index is 10.5. The summed E-state index contributed by atoms with van der Waals surface area (Å²) >= 11 is 11.1. The Morgan fingerprint density at radius 1 is 1.67 bits per heavy atom. The molecule has 1 rings (SSSR count). The minimum atomic E-state index is -1.93. The van der Waals surface area contributed by atoms with Crippen molar-refractivity contribution in [2.75, 3.05) is 0 Å². The molecule has 1 N–H and O–H groups in total. The molecule has 0 fully saturated rings. The van der Waals surface area contributed by atoms with Gasteiger partial charge in [0, 0.05) is 0 Å². The smallest absolute Gasteiger partial charge is 0.386 e. The second kappa shape index (κ2) is 2.95. The number of alkyl halides is 2. The second-order valence-corrected chi connectivity index (χ2v) is 3.62. The highest BCUT2D eigenvalue weighted by Gasteiger charge is 2.41. The van der Waals surface area contributed by atoms with Gasteiger partial charge in [0.15, 0.2) is 0 Å². The molecular formula is C6H7Cl2N2O2+. The lowest BCUT2D eigenvalue weighted by molar-refractivity contribution is -0.671. The van der Waals surface area contributed by atoms with Crippen molar-refractivity contribution in [1.82, 2.24) is 4.57 Å². The number of nitrogens with zero attached hydrogens (tertiary/aromatic N) is 2. The summed E-state index contributed by atoms with van der Waals surface area (Å²) < 4.78 is 0.905. The van der Waals surface area contributed by atoms with Gasteiger partial charge in [-0.2, -0.15) is 4.57 Å². The van der Waals surface area contributed by atoms with Crippen LogP contribution in [0.5, 0.6) is 0 Å². The summed E-state index contributed by atoms with van der Waals surface area (Å²) in [5, 5.41) is 8.61. The Morgan fingerprint density at radius 2 is 2.25 bits per heavy atom. The molecule has 1 aromatic heterocycles. The number of aliphatic carboxylic acids is 1. The lowest BCUT2D eigenvalue weighted by atomic mass is 10.6. The number of imidazole rings is 1. The van der Waals surface area contributed by atoms with Crippen LogP contribution in [0.15, 0.2) is 18.7 Å². The number of halogens is 2. The highest BCUT2D eigenvalue weighted by atomic mass is 35.5. The van der Waals surface area contributed by atoms with Crippen LogP contribution in [0.25, 0.3) is 0 Å². The van der Waals surface area contributed by atoms with Crippen molar-refractivity contribution in [2.45, 2.75) is 4.46 Å². The van der Waals surface area contributed by atoms with Crippen LogP contribution in [0.3, 0.4) is 0 Å². The Hall–Kier alpha value is -0.740. The first kappa shape index (κ1) is 9.35. The summed E-state index contributed by atoms with van der Waals surface area (Å²) in [7, 11) is 1.74. The Balaban J connectivity index is 3.05. The molecule has 1 aromatic rings. The van der Waals surface area contributed by atoms with Crippen LogP contribution in [0.1, 0.15) is 0 Å². The van der Waals surface area contributed by atoms with Crippen LogP contribution in [-0.4, -0.2) is 15.6 Å². The van der Waals surface area contributed by atoms with Crippen LogP contribution in [-0.2, 0) is 16.3 Å². The van der Waals surface area contributed by atoms with E-state index in [1.807, 2.05) is 0 Å². The molecule has 0 unspecified atom stereocenters. The third-order valence-corrected chi connectivity index (χ3v) is 2.06. The van der Waals surface area contributed by atoms with E-state index in [2.05, 4.69) is 0 Å². The number of hydrogen-bond acceptors (Lipinski definition) is 1. The zero-order valence-electron chi connectivity index (χ0n) is 6.24. The van der Waals surface area contributed by atoms with E-state index < -0.39 is 10.4 Å².